The molecule has 0 spiro atoms. The van der Waals surface area contributed by atoms with Crippen LogP contribution in [0, 0.1) is 0 Å². The van der Waals surface area contributed by atoms with Crippen molar-refractivity contribution in [3.8, 4) is 11.3 Å². The summed E-state index contributed by atoms with van der Waals surface area (Å²) in [5, 5.41) is 13.2. The molecule has 1 aromatic heterocycles. The van der Waals surface area contributed by atoms with E-state index in [9.17, 15) is 24.3 Å². The molecule has 148 valence electrons. The number of furan rings is 1. The SMILES string of the molecule is O=C1NC(=O)N(c2ccccc2)C(=O)/C1=C\c1ccc(-c2cccc(C(=O)[O-])c2)o1. The molecular weight excluding hydrogens is 388 g/mol. The van der Waals surface area contributed by atoms with Crippen LogP contribution >= 0.6 is 0 Å². The average Bonchev–Trinajstić information content (AvgIpc) is 3.21. The van der Waals surface area contributed by atoms with Crippen LogP contribution in [0.25, 0.3) is 17.4 Å². The summed E-state index contributed by atoms with van der Waals surface area (Å²) in [7, 11) is 0. The second kappa shape index (κ2) is 7.51. The summed E-state index contributed by atoms with van der Waals surface area (Å²) >= 11 is 0. The number of barbiturate groups is 1. The Bertz CT molecular complexity index is 1210. The summed E-state index contributed by atoms with van der Waals surface area (Å²) in [5.41, 5.74) is 0.519. The van der Waals surface area contributed by atoms with Crippen molar-refractivity contribution >= 4 is 35.6 Å². The zero-order valence-corrected chi connectivity index (χ0v) is 15.3. The fraction of sp³-hybridized carbons (Fsp3) is 0. The Balaban J connectivity index is 1.67. The summed E-state index contributed by atoms with van der Waals surface area (Å²) in [6.45, 7) is 0. The third kappa shape index (κ3) is 3.49. The number of carbonyl (C=O) groups excluding carboxylic acids is 4. The van der Waals surface area contributed by atoms with Gasteiger partial charge in [-0.2, -0.15) is 0 Å². The van der Waals surface area contributed by atoms with Crippen LogP contribution in [0.1, 0.15) is 16.1 Å². The van der Waals surface area contributed by atoms with E-state index in [1.165, 1.54) is 24.3 Å². The Labute approximate surface area is 170 Å². The minimum atomic E-state index is -1.32. The van der Waals surface area contributed by atoms with Crippen molar-refractivity contribution in [2.45, 2.75) is 0 Å². The zero-order valence-electron chi connectivity index (χ0n) is 15.3. The quantitative estimate of drug-likeness (QED) is 0.527. The minimum Gasteiger partial charge on any atom is -0.545 e. The van der Waals surface area contributed by atoms with Gasteiger partial charge in [0, 0.05) is 5.56 Å². The van der Waals surface area contributed by atoms with E-state index in [0.29, 0.717) is 17.0 Å². The van der Waals surface area contributed by atoms with Gasteiger partial charge in [0.05, 0.1) is 11.7 Å². The van der Waals surface area contributed by atoms with Gasteiger partial charge in [0.15, 0.2) is 0 Å². The lowest BCUT2D eigenvalue weighted by Gasteiger charge is -2.26. The van der Waals surface area contributed by atoms with Gasteiger partial charge >= 0.3 is 6.03 Å². The van der Waals surface area contributed by atoms with Crippen molar-refractivity contribution in [1.29, 1.82) is 0 Å². The minimum absolute atomic E-state index is 0.0114. The standard InChI is InChI=1S/C22H14N2O6/c25-19-17(20(26)24(22(29)23-19)15-7-2-1-3-8-15)12-16-9-10-18(30-16)13-5-4-6-14(11-13)21(27)28/h1-12H,(H,27,28)(H,23,25,29)/p-1/b17-12-. The van der Waals surface area contributed by atoms with Crippen molar-refractivity contribution in [3.63, 3.8) is 0 Å². The number of imide groups is 2. The van der Waals surface area contributed by atoms with E-state index in [1.54, 1.807) is 48.5 Å². The van der Waals surface area contributed by atoms with Crippen LogP contribution in [-0.2, 0) is 9.59 Å². The highest BCUT2D eigenvalue weighted by Crippen LogP contribution is 2.26. The number of amides is 4. The lowest BCUT2D eigenvalue weighted by molar-refractivity contribution is -0.255. The molecule has 0 atom stereocenters. The van der Waals surface area contributed by atoms with Crippen LogP contribution in [0.2, 0.25) is 0 Å². The third-order valence-corrected chi connectivity index (χ3v) is 4.41. The van der Waals surface area contributed by atoms with E-state index in [0.717, 1.165) is 4.90 Å². The number of carboxylic acids is 1. The number of urea groups is 1. The molecule has 8 nitrogen and oxygen atoms in total. The van der Waals surface area contributed by atoms with Crippen LogP contribution in [0.3, 0.4) is 0 Å². The Hall–Kier alpha value is -4.46. The smallest absolute Gasteiger partial charge is 0.335 e. The summed E-state index contributed by atoms with van der Waals surface area (Å²) in [6.07, 6.45) is 1.23. The van der Waals surface area contributed by atoms with Gasteiger partial charge in [-0.15, -0.1) is 0 Å². The lowest BCUT2D eigenvalue weighted by Crippen LogP contribution is -2.54. The topological polar surface area (TPSA) is 120 Å². The maximum atomic E-state index is 12.8. The molecule has 8 heteroatoms. The number of carbonyl (C=O) groups is 4. The van der Waals surface area contributed by atoms with Gasteiger partial charge in [-0.25, -0.2) is 9.69 Å². The number of benzene rings is 2. The third-order valence-electron chi connectivity index (χ3n) is 4.41. The number of aromatic carboxylic acids is 1. The van der Waals surface area contributed by atoms with Gasteiger partial charge in [0.1, 0.15) is 17.1 Å². The van der Waals surface area contributed by atoms with Crippen molar-refractivity contribution in [3.05, 3.63) is 83.6 Å². The molecule has 0 saturated carbocycles. The zero-order chi connectivity index (χ0) is 21.3. The highest BCUT2D eigenvalue weighted by molar-refractivity contribution is 6.39. The number of rotatable bonds is 4. The highest BCUT2D eigenvalue weighted by atomic mass is 16.4. The molecule has 0 aliphatic carbocycles. The Kier molecular flexibility index (Phi) is 4.73. The van der Waals surface area contributed by atoms with Crippen molar-refractivity contribution in [2.24, 2.45) is 0 Å². The van der Waals surface area contributed by atoms with E-state index < -0.39 is 23.8 Å². The molecule has 1 aliphatic heterocycles. The molecule has 0 bridgehead atoms. The van der Waals surface area contributed by atoms with Crippen LogP contribution in [0.4, 0.5) is 10.5 Å². The van der Waals surface area contributed by atoms with Gasteiger partial charge in [-0.3, -0.25) is 14.9 Å². The first-order valence-corrected chi connectivity index (χ1v) is 8.82. The van der Waals surface area contributed by atoms with E-state index in [-0.39, 0.29) is 16.9 Å². The lowest BCUT2D eigenvalue weighted by atomic mass is 10.1. The van der Waals surface area contributed by atoms with Gasteiger partial charge in [0.25, 0.3) is 11.8 Å². The molecular formula is C22H13N2O6-. The van der Waals surface area contributed by atoms with Crippen LogP contribution < -0.4 is 15.3 Å². The molecule has 2 heterocycles. The normalized spacial score (nSPS) is 15.4. The summed E-state index contributed by atoms with van der Waals surface area (Å²) in [4.78, 5) is 49.1. The fourth-order valence-corrected chi connectivity index (χ4v) is 3.00. The number of hydrogen-bond donors (Lipinski definition) is 1. The highest BCUT2D eigenvalue weighted by Gasteiger charge is 2.36. The summed E-state index contributed by atoms with van der Waals surface area (Å²) < 4.78 is 5.65. The van der Waals surface area contributed by atoms with Gasteiger partial charge < -0.3 is 14.3 Å². The van der Waals surface area contributed by atoms with Crippen molar-refractivity contribution < 1.29 is 28.7 Å². The monoisotopic (exact) mass is 401 g/mol. The van der Waals surface area contributed by atoms with Crippen molar-refractivity contribution in [2.75, 3.05) is 4.90 Å². The van der Waals surface area contributed by atoms with Crippen LogP contribution in [0.15, 0.2) is 76.7 Å². The number of anilines is 1. The maximum absolute atomic E-state index is 12.8. The van der Waals surface area contributed by atoms with Crippen LogP contribution in [-0.4, -0.2) is 23.8 Å². The predicted molar refractivity (Wildman–Crippen MR) is 104 cm³/mol. The first-order valence-electron chi connectivity index (χ1n) is 8.82. The van der Waals surface area contributed by atoms with E-state index in [1.807, 2.05) is 0 Å². The Morgan fingerprint density at radius 3 is 2.47 bits per heavy atom. The Morgan fingerprint density at radius 1 is 0.967 bits per heavy atom. The predicted octanol–water partition coefficient (Wildman–Crippen LogP) is 1.98. The molecule has 30 heavy (non-hydrogen) atoms. The first-order chi connectivity index (χ1) is 14.4. The summed E-state index contributed by atoms with van der Waals surface area (Å²) in [5.74, 6) is -2.42. The van der Waals surface area contributed by atoms with Gasteiger partial charge in [-0.05, 0) is 42.0 Å². The van der Waals surface area contributed by atoms with Gasteiger partial charge in [-0.1, -0.05) is 36.4 Å². The molecule has 2 aromatic carbocycles. The molecule has 3 aromatic rings. The number of hydrogen-bond acceptors (Lipinski definition) is 6. The molecule has 0 radical (unpaired) electrons. The molecule has 1 aliphatic rings. The largest absolute Gasteiger partial charge is 0.545 e. The van der Waals surface area contributed by atoms with Gasteiger partial charge in [0.2, 0.25) is 0 Å². The van der Waals surface area contributed by atoms with Crippen LogP contribution in [0.5, 0.6) is 0 Å². The molecule has 1 fully saturated rings. The van der Waals surface area contributed by atoms with E-state index in [4.69, 9.17) is 4.42 Å². The number of nitrogens with one attached hydrogen (secondary N) is 1. The Morgan fingerprint density at radius 2 is 1.73 bits per heavy atom. The van der Waals surface area contributed by atoms with E-state index in [2.05, 4.69) is 5.32 Å². The number of carboxylic acid groups (broad SMARTS) is 1. The molecule has 4 amide bonds. The fourth-order valence-electron chi connectivity index (χ4n) is 3.00. The molecule has 1 saturated heterocycles. The second-order valence-corrected chi connectivity index (χ2v) is 6.36. The second-order valence-electron chi connectivity index (χ2n) is 6.36. The average molecular weight is 401 g/mol. The molecule has 1 N–H and O–H groups in total. The van der Waals surface area contributed by atoms with E-state index >= 15 is 0 Å². The number of nitrogens with zero attached hydrogens (tertiary/aromatic N) is 1. The molecule has 0 unspecified atom stereocenters. The van der Waals surface area contributed by atoms with Crippen molar-refractivity contribution in [1.82, 2.24) is 5.32 Å². The maximum Gasteiger partial charge on any atom is 0.335 e. The summed E-state index contributed by atoms with van der Waals surface area (Å²) in [6, 6.07) is 16.4. The number of para-hydroxylation sites is 1. The molecule has 4 rings (SSSR count). The first kappa shape index (κ1) is 18.9.